The molecule has 0 spiro atoms. The molecule has 3 rings (SSSR count). The zero-order chi connectivity index (χ0) is 14.9. The van der Waals surface area contributed by atoms with Crippen molar-refractivity contribution in [1.82, 2.24) is 9.97 Å². The van der Waals surface area contributed by atoms with Crippen LogP contribution in [0.3, 0.4) is 0 Å². The Labute approximate surface area is 125 Å². The molecule has 1 aliphatic heterocycles. The van der Waals surface area contributed by atoms with Crippen LogP contribution >= 0.6 is 0 Å². The molecular weight excluding hydrogens is 268 g/mol. The second-order valence-corrected chi connectivity index (χ2v) is 6.25. The number of ether oxygens (including phenoxy) is 2. The normalized spacial score (nSPS) is 29.1. The molecule has 0 radical (unpaired) electrons. The first kappa shape index (κ1) is 14.7. The van der Waals surface area contributed by atoms with Gasteiger partial charge in [0.2, 0.25) is 0 Å². The molecule has 1 saturated carbocycles. The van der Waals surface area contributed by atoms with E-state index >= 15 is 0 Å². The molecular formula is C16H24N2O3. The quantitative estimate of drug-likeness (QED) is 0.928. The van der Waals surface area contributed by atoms with Crippen LogP contribution in [-0.2, 0) is 28.1 Å². The molecule has 0 aromatic carbocycles. The van der Waals surface area contributed by atoms with E-state index in [0.717, 1.165) is 43.1 Å². The number of H-pyrrole nitrogens is 1. The van der Waals surface area contributed by atoms with Crippen molar-refractivity contribution in [2.24, 2.45) is 5.92 Å². The Hall–Kier alpha value is -1.20. The Bertz CT molecular complexity index is 559. The number of aromatic nitrogens is 2. The molecule has 1 aromatic heterocycles. The molecule has 0 unspecified atom stereocenters. The van der Waals surface area contributed by atoms with Crippen molar-refractivity contribution in [3.63, 3.8) is 0 Å². The average Bonchev–Trinajstić information content (AvgIpc) is 2.50. The van der Waals surface area contributed by atoms with E-state index in [0.29, 0.717) is 31.8 Å². The van der Waals surface area contributed by atoms with Gasteiger partial charge in [-0.2, -0.15) is 0 Å². The Morgan fingerprint density at radius 2 is 2.19 bits per heavy atom. The Kier molecular flexibility index (Phi) is 4.13. The first-order valence-electron chi connectivity index (χ1n) is 7.99. The van der Waals surface area contributed by atoms with Crippen molar-refractivity contribution in [2.45, 2.75) is 58.2 Å². The van der Waals surface area contributed by atoms with Crippen molar-refractivity contribution >= 4 is 0 Å². The number of nitrogens with one attached hydrogen (secondary N) is 1. The van der Waals surface area contributed by atoms with E-state index in [1.54, 1.807) is 0 Å². The standard InChI is InChI=1S/C16H24N2O3/c1-3-21-16(7-4-11(2)5-8-16)15-17-13-6-9-20-10-12(13)14(19)18-15/h11H,3-10H2,1-2H3,(H,17,18,19). The number of rotatable bonds is 3. The van der Waals surface area contributed by atoms with Crippen molar-refractivity contribution in [1.29, 1.82) is 0 Å². The smallest absolute Gasteiger partial charge is 0.256 e. The summed E-state index contributed by atoms with van der Waals surface area (Å²) in [5, 5.41) is 0. The van der Waals surface area contributed by atoms with Gasteiger partial charge in [0.1, 0.15) is 11.4 Å². The molecule has 5 nitrogen and oxygen atoms in total. The fourth-order valence-electron chi connectivity index (χ4n) is 3.41. The zero-order valence-corrected chi connectivity index (χ0v) is 12.9. The lowest BCUT2D eigenvalue weighted by atomic mass is 9.78. The van der Waals surface area contributed by atoms with Crippen LogP contribution in [0.4, 0.5) is 0 Å². The number of fused-ring (bicyclic) bond motifs is 1. The summed E-state index contributed by atoms with van der Waals surface area (Å²) in [7, 11) is 0. The monoisotopic (exact) mass is 292 g/mol. The van der Waals surface area contributed by atoms with Gasteiger partial charge in [0.25, 0.3) is 5.56 Å². The highest BCUT2D eigenvalue weighted by Gasteiger charge is 2.39. The molecule has 0 amide bonds. The molecule has 0 bridgehead atoms. The van der Waals surface area contributed by atoms with Gasteiger partial charge >= 0.3 is 0 Å². The second-order valence-electron chi connectivity index (χ2n) is 6.25. The van der Waals surface area contributed by atoms with Gasteiger partial charge in [-0.15, -0.1) is 0 Å². The Morgan fingerprint density at radius 3 is 2.90 bits per heavy atom. The third kappa shape index (κ3) is 2.77. The van der Waals surface area contributed by atoms with E-state index in [9.17, 15) is 4.79 Å². The lowest BCUT2D eigenvalue weighted by Crippen LogP contribution is -2.39. The van der Waals surface area contributed by atoms with Gasteiger partial charge in [0.15, 0.2) is 0 Å². The van der Waals surface area contributed by atoms with Gasteiger partial charge < -0.3 is 14.5 Å². The lowest BCUT2D eigenvalue weighted by molar-refractivity contribution is -0.0841. The average molecular weight is 292 g/mol. The van der Waals surface area contributed by atoms with Crippen LogP contribution in [0.5, 0.6) is 0 Å². The summed E-state index contributed by atoms with van der Waals surface area (Å²) in [6.45, 7) is 5.93. The van der Waals surface area contributed by atoms with Crippen LogP contribution in [0.2, 0.25) is 0 Å². The molecule has 1 aromatic rings. The van der Waals surface area contributed by atoms with Crippen molar-refractivity contribution in [2.75, 3.05) is 13.2 Å². The summed E-state index contributed by atoms with van der Waals surface area (Å²) in [4.78, 5) is 20.0. The van der Waals surface area contributed by atoms with Crippen LogP contribution in [0, 0.1) is 5.92 Å². The summed E-state index contributed by atoms with van der Waals surface area (Å²) < 4.78 is 11.4. The van der Waals surface area contributed by atoms with Gasteiger partial charge in [-0.25, -0.2) is 4.98 Å². The predicted octanol–water partition coefficient (Wildman–Crippen LogP) is 2.28. The molecule has 0 saturated heterocycles. The summed E-state index contributed by atoms with van der Waals surface area (Å²) in [5.41, 5.74) is 1.10. The SMILES string of the molecule is CCOC1(c2nc3c(c(=O)[nH]2)COCC3)CCC(C)CC1. The van der Waals surface area contributed by atoms with Crippen LogP contribution in [0.25, 0.3) is 0 Å². The van der Waals surface area contributed by atoms with Crippen LogP contribution in [0.15, 0.2) is 4.79 Å². The summed E-state index contributed by atoms with van der Waals surface area (Å²) in [6.07, 6.45) is 4.80. The zero-order valence-electron chi connectivity index (χ0n) is 12.9. The predicted molar refractivity (Wildman–Crippen MR) is 79.2 cm³/mol. The molecule has 0 atom stereocenters. The number of nitrogens with zero attached hydrogens (tertiary/aromatic N) is 1. The van der Waals surface area contributed by atoms with Crippen molar-refractivity contribution in [3.8, 4) is 0 Å². The summed E-state index contributed by atoms with van der Waals surface area (Å²) in [5.74, 6) is 1.44. The lowest BCUT2D eigenvalue weighted by Gasteiger charge is -2.38. The third-order valence-electron chi connectivity index (χ3n) is 4.76. The van der Waals surface area contributed by atoms with E-state index in [1.165, 1.54) is 0 Å². The fourth-order valence-corrected chi connectivity index (χ4v) is 3.41. The number of hydrogen-bond donors (Lipinski definition) is 1. The van der Waals surface area contributed by atoms with Gasteiger partial charge in [0.05, 0.1) is 24.5 Å². The maximum atomic E-state index is 12.3. The largest absolute Gasteiger partial charge is 0.376 e. The second kappa shape index (κ2) is 5.89. The fraction of sp³-hybridized carbons (Fsp3) is 0.750. The van der Waals surface area contributed by atoms with E-state index in [2.05, 4.69) is 11.9 Å². The third-order valence-corrected chi connectivity index (χ3v) is 4.76. The molecule has 21 heavy (non-hydrogen) atoms. The maximum absolute atomic E-state index is 12.3. The maximum Gasteiger partial charge on any atom is 0.256 e. The molecule has 2 aliphatic rings. The first-order valence-corrected chi connectivity index (χ1v) is 7.99. The number of hydrogen-bond acceptors (Lipinski definition) is 4. The van der Waals surface area contributed by atoms with Gasteiger partial charge in [0, 0.05) is 13.0 Å². The van der Waals surface area contributed by atoms with Crippen LogP contribution in [0.1, 0.15) is 56.6 Å². The minimum atomic E-state index is -0.409. The van der Waals surface area contributed by atoms with E-state index in [4.69, 9.17) is 14.5 Å². The highest BCUT2D eigenvalue weighted by molar-refractivity contribution is 5.21. The minimum Gasteiger partial charge on any atom is -0.376 e. The van der Waals surface area contributed by atoms with Crippen LogP contribution in [-0.4, -0.2) is 23.2 Å². The Balaban J connectivity index is 2.00. The molecule has 2 heterocycles. The first-order chi connectivity index (χ1) is 10.1. The summed E-state index contributed by atoms with van der Waals surface area (Å²) >= 11 is 0. The highest BCUT2D eigenvalue weighted by atomic mass is 16.5. The van der Waals surface area contributed by atoms with Gasteiger partial charge in [-0.05, 0) is 38.5 Å². The molecule has 1 aliphatic carbocycles. The topological polar surface area (TPSA) is 64.2 Å². The van der Waals surface area contributed by atoms with E-state index in [-0.39, 0.29) is 5.56 Å². The molecule has 116 valence electrons. The van der Waals surface area contributed by atoms with Crippen LogP contribution < -0.4 is 5.56 Å². The van der Waals surface area contributed by atoms with Gasteiger partial charge in [-0.3, -0.25) is 4.79 Å². The van der Waals surface area contributed by atoms with E-state index < -0.39 is 5.60 Å². The molecule has 1 N–H and O–H groups in total. The van der Waals surface area contributed by atoms with Crippen molar-refractivity contribution < 1.29 is 9.47 Å². The summed E-state index contributed by atoms with van der Waals surface area (Å²) in [6, 6.07) is 0. The van der Waals surface area contributed by atoms with Crippen molar-refractivity contribution in [3.05, 3.63) is 27.4 Å². The molecule has 5 heteroatoms. The molecule has 1 fully saturated rings. The van der Waals surface area contributed by atoms with Gasteiger partial charge in [-0.1, -0.05) is 6.92 Å². The minimum absolute atomic E-state index is 0.0626. The van der Waals surface area contributed by atoms with E-state index in [1.807, 2.05) is 6.92 Å². The Morgan fingerprint density at radius 1 is 1.43 bits per heavy atom. The highest BCUT2D eigenvalue weighted by Crippen LogP contribution is 2.41. The number of aromatic amines is 1.